The average molecular weight is 421 g/mol. The van der Waals surface area contributed by atoms with Crippen LogP contribution in [0.15, 0.2) is 54.6 Å². The third-order valence-electron chi connectivity index (χ3n) is 3.99. The van der Waals surface area contributed by atoms with Gasteiger partial charge in [-0.05, 0) is 0 Å². The molecular formula is C21H26O4Se. The molecule has 0 fully saturated rings. The number of hydrogen-bond acceptors (Lipinski definition) is 4. The van der Waals surface area contributed by atoms with E-state index in [1.165, 1.54) is 12.7 Å². The summed E-state index contributed by atoms with van der Waals surface area (Å²) in [5.41, 5.74) is 1.17. The van der Waals surface area contributed by atoms with Crippen molar-refractivity contribution < 1.29 is 19.0 Å². The van der Waals surface area contributed by atoms with E-state index in [1.807, 2.05) is 50.2 Å². The van der Waals surface area contributed by atoms with Crippen LogP contribution in [0, 0.1) is 5.92 Å². The maximum absolute atomic E-state index is 12.0. The average Bonchev–Trinajstić information content (AvgIpc) is 2.67. The second kappa shape index (κ2) is 10.4. The summed E-state index contributed by atoms with van der Waals surface area (Å²) in [7, 11) is 3.13. The zero-order chi connectivity index (χ0) is 18.9. The van der Waals surface area contributed by atoms with Crippen molar-refractivity contribution in [1.29, 1.82) is 0 Å². The maximum atomic E-state index is 12.0. The Morgan fingerprint density at radius 1 is 1.00 bits per heavy atom. The number of methoxy groups -OCH3 is 2. The fourth-order valence-electron chi connectivity index (χ4n) is 2.51. The molecule has 26 heavy (non-hydrogen) atoms. The van der Waals surface area contributed by atoms with Crippen LogP contribution >= 0.6 is 0 Å². The Balaban J connectivity index is 2.12. The van der Waals surface area contributed by atoms with E-state index in [0.717, 1.165) is 15.5 Å². The van der Waals surface area contributed by atoms with E-state index < -0.39 is 6.10 Å². The van der Waals surface area contributed by atoms with E-state index in [4.69, 9.17) is 14.2 Å². The summed E-state index contributed by atoms with van der Waals surface area (Å²) in [6, 6.07) is 18.1. The molecule has 0 amide bonds. The van der Waals surface area contributed by atoms with Gasteiger partial charge in [-0.15, -0.1) is 0 Å². The van der Waals surface area contributed by atoms with Crippen LogP contribution in [0.2, 0.25) is 5.32 Å². The third kappa shape index (κ3) is 5.60. The Morgan fingerprint density at radius 3 is 2.27 bits per heavy atom. The van der Waals surface area contributed by atoms with Gasteiger partial charge in [0.1, 0.15) is 0 Å². The van der Waals surface area contributed by atoms with Crippen molar-refractivity contribution in [3.8, 4) is 5.75 Å². The molecule has 1 unspecified atom stereocenters. The Labute approximate surface area is 162 Å². The van der Waals surface area contributed by atoms with Gasteiger partial charge in [0.25, 0.3) is 0 Å². The second-order valence-electron chi connectivity index (χ2n) is 6.20. The van der Waals surface area contributed by atoms with Crippen LogP contribution in [-0.4, -0.2) is 41.2 Å². The Morgan fingerprint density at radius 2 is 1.65 bits per heavy atom. The quantitative estimate of drug-likeness (QED) is 0.460. The number of benzene rings is 2. The van der Waals surface area contributed by atoms with Gasteiger partial charge in [0.05, 0.1) is 0 Å². The van der Waals surface area contributed by atoms with Crippen molar-refractivity contribution in [2.75, 3.05) is 14.2 Å². The topological polar surface area (TPSA) is 44.8 Å². The van der Waals surface area contributed by atoms with Gasteiger partial charge in [0, 0.05) is 0 Å². The Bertz CT molecular complexity index is 687. The first kappa shape index (κ1) is 20.5. The first-order chi connectivity index (χ1) is 12.6. The van der Waals surface area contributed by atoms with Crippen molar-refractivity contribution >= 4 is 25.4 Å². The SMILES string of the molecule is COC(=O)[C@H](Oc1ccccc1[Se]CC(OC)c1ccccc1)C(C)C. The molecule has 0 N–H and O–H groups in total. The molecule has 0 spiro atoms. The summed E-state index contributed by atoms with van der Waals surface area (Å²) in [5, 5.41) is 0.887. The molecule has 2 rings (SSSR count). The summed E-state index contributed by atoms with van der Waals surface area (Å²) in [5.74, 6) is 0.430. The van der Waals surface area contributed by atoms with E-state index in [1.54, 1.807) is 7.11 Å². The van der Waals surface area contributed by atoms with Crippen LogP contribution in [0.4, 0.5) is 0 Å². The molecule has 0 radical (unpaired) electrons. The first-order valence-corrected chi connectivity index (χ1v) is 10.7. The molecule has 5 heteroatoms. The van der Waals surface area contributed by atoms with E-state index >= 15 is 0 Å². The standard InChI is InChI=1S/C21H26O4Se/c1-15(2)20(21(22)24-4)25-17-12-8-9-13-19(17)26-14-18(23-3)16-10-6-5-7-11-16/h5-13,15,18,20H,14H2,1-4H3/t18?,20-/m1/s1. The van der Waals surface area contributed by atoms with Gasteiger partial charge in [0.15, 0.2) is 0 Å². The van der Waals surface area contributed by atoms with Crippen molar-refractivity contribution in [2.45, 2.75) is 31.4 Å². The predicted molar refractivity (Wildman–Crippen MR) is 104 cm³/mol. The molecule has 0 aliphatic rings. The van der Waals surface area contributed by atoms with Gasteiger partial charge in [0.2, 0.25) is 0 Å². The number of esters is 1. The van der Waals surface area contributed by atoms with Crippen LogP contribution in [0.1, 0.15) is 25.5 Å². The third-order valence-corrected chi connectivity index (χ3v) is 6.33. The van der Waals surface area contributed by atoms with E-state index in [0.29, 0.717) is 0 Å². The summed E-state index contributed by atoms with van der Waals surface area (Å²) in [6.07, 6.45) is -0.560. The number of carbonyl (C=O) groups excluding carboxylic acids is 1. The molecular weight excluding hydrogens is 395 g/mol. The molecule has 2 atom stereocenters. The molecule has 4 nitrogen and oxygen atoms in total. The van der Waals surface area contributed by atoms with Crippen LogP contribution in [0.25, 0.3) is 0 Å². The van der Waals surface area contributed by atoms with Gasteiger partial charge in [-0.3, -0.25) is 0 Å². The Hall–Kier alpha value is -1.81. The monoisotopic (exact) mass is 422 g/mol. The molecule has 0 saturated heterocycles. The van der Waals surface area contributed by atoms with Crippen LogP contribution in [0.5, 0.6) is 5.75 Å². The Kier molecular flexibility index (Phi) is 8.17. The molecule has 0 saturated carbocycles. The van der Waals surface area contributed by atoms with Gasteiger partial charge >= 0.3 is 162 Å². The van der Waals surface area contributed by atoms with Gasteiger partial charge < -0.3 is 0 Å². The van der Waals surface area contributed by atoms with Gasteiger partial charge in [-0.25, -0.2) is 0 Å². The normalized spacial score (nSPS) is 13.3. The summed E-state index contributed by atoms with van der Waals surface area (Å²) in [4.78, 5) is 12.0. The minimum absolute atomic E-state index is 0.0269. The van der Waals surface area contributed by atoms with Crippen LogP contribution in [0.3, 0.4) is 0 Å². The van der Waals surface area contributed by atoms with Gasteiger partial charge in [-0.1, -0.05) is 0 Å². The number of ether oxygens (including phenoxy) is 3. The molecule has 2 aromatic rings. The molecule has 0 bridgehead atoms. The van der Waals surface area contributed by atoms with E-state index in [-0.39, 0.29) is 32.9 Å². The van der Waals surface area contributed by atoms with Crippen molar-refractivity contribution in [3.05, 3.63) is 60.2 Å². The van der Waals surface area contributed by atoms with Crippen LogP contribution < -0.4 is 9.20 Å². The second-order valence-corrected chi connectivity index (χ2v) is 8.43. The molecule has 140 valence electrons. The zero-order valence-electron chi connectivity index (χ0n) is 15.7. The molecule has 0 heterocycles. The number of para-hydroxylation sites is 1. The molecule has 0 aliphatic carbocycles. The van der Waals surface area contributed by atoms with Gasteiger partial charge in [-0.2, -0.15) is 0 Å². The van der Waals surface area contributed by atoms with E-state index in [9.17, 15) is 4.79 Å². The number of rotatable bonds is 9. The van der Waals surface area contributed by atoms with Crippen molar-refractivity contribution in [2.24, 2.45) is 5.92 Å². The first-order valence-electron chi connectivity index (χ1n) is 8.60. The number of carbonyl (C=O) groups is 1. The molecule has 0 aromatic heterocycles. The molecule has 2 aromatic carbocycles. The summed E-state index contributed by atoms with van der Waals surface area (Å²) < 4.78 is 17.7. The predicted octanol–water partition coefficient (Wildman–Crippen LogP) is 3.40. The summed E-state index contributed by atoms with van der Waals surface area (Å²) >= 11 is 0.144. The number of hydrogen-bond donors (Lipinski definition) is 0. The zero-order valence-corrected chi connectivity index (χ0v) is 17.4. The fourth-order valence-corrected chi connectivity index (χ4v) is 4.80. The minimum atomic E-state index is -0.607. The fraction of sp³-hybridized carbons (Fsp3) is 0.381. The van der Waals surface area contributed by atoms with Crippen LogP contribution in [-0.2, 0) is 14.3 Å². The van der Waals surface area contributed by atoms with E-state index in [2.05, 4.69) is 18.2 Å². The van der Waals surface area contributed by atoms with Crippen molar-refractivity contribution in [3.63, 3.8) is 0 Å². The molecule has 0 aliphatic heterocycles. The van der Waals surface area contributed by atoms with Crippen molar-refractivity contribution in [1.82, 2.24) is 0 Å². The summed E-state index contributed by atoms with van der Waals surface area (Å²) in [6.45, 7) is 3.90.